The standard InChI is InChI=1S/C11H15F2NO2.ClH/c1-2-8(15)10(14)7-5-3-4-6-9(7)16-11(12)13;/h3-6,8,10-11,15H,2,14H2,1H3;1H/t8-,10+;/m0./s1. The molecule has 0 saturated carbocycles. The van der Waals surface area contributed by atoms with Gasteiger partial charge in [0.05, 0.1) is 12.1 Å². The third kappa shape index (κ3) is 4.46. The number of para-hydroxylation sites is 1. The minimum atomic E-state index is -2.90. The predicted octanol–water partition coefficient (Wildman–Crippen LogP) is 2.48. The first-order valence-corrected chi connectivity index (χ1v) is 5.03. The minimum Gasteiger partial charge on any atom is -0.434 e. The molecule has 0 amide bonds. The van der Waals surface area contributed by atoms with Crippen LogP contribution in [0.2, 0.25) is 0 Å². The summed E-state index contributed by atoms with van der Waals surface area (Å²) in [5.41, 5.74) is 6.14. The smallest absolute Gasteiger partial charge is 0.387 e. The van der Waals surface area contributed by atoms with E-state index in [1.807, 2.05) is 0 Å². The first-order chi connectivity index (χ1) is 7.56. The zero-order chi connectivity index (χ0) is 12.1. The second-order valence-electron chi connectivity index (χ2n) is 3.42. The molecule has 2 atom stereocenters. The maximum absolute atomic E-state index is 12.1. The van der Waals surface area contributed by atoms with Crippen LogP contribution in [0.3, 0.4) is 0 Å². The van der Waals surface area contributed by atoms with Crippen molar-refractivity contribution in [3.05, 3.63) is 29.8 Å². The summed E-state index contributed by atoms with van der Waals surface area (Å²) < 4.78 is 28.6. The highest BCUT2D eigenvalue weighted by molar-refractivity contribution is 5.85. The van der Waals surface area contributed by atoms with Crippen LogP contribution in [0.25, 0.3) is 0 Å². The number of hydrogen-bond donors (Lipinski definition) is 2. The van der Waals surface area contributed by atoms with Crippen molar-refractivity contribution < 1.29 is 18.6 Å². The van der Waals surface area contributed by atoms with Crippen molar-refractivity contribution in [3.63, 3.8) is 0 Å². The summed E-state index contributed by atoms with van der Waals surface area (Å²) in [7, 11) is 0. The maximum Gasteiger partial charge on any atom is 0.387 e. The van der Waals surface area contributed by atoms with Crippen LogP contribution in [0.4, 0.5) is 8.78 Å². The average Bonchev–Trinajstić information content (AvgIpc) is 2.27. The molecule has 0 saturated heterocycles. The van der Waals surface area contributed by atoms with E-state index in [0.29, 0.717) is 12.0 Å². The van der Waals surface area contributed by atoms with E-state index in [1.165, 1.54) is 6.07 Å². The van der Waals surface area contributed by atoms with Crippen molar-refractivity contribution >= 4 is 12.4 Å². The van der Waals surface area contributed by atoms with Gasteiger partial charge in [-0.1, -0.05) is 25.1 Å². The zero-order valence-corrected chi connectivity index (χ0v) is 10.2. The third-order valence-corrected chi connectivity index (χ3v) is 2.33. The Bertz CT molecular complexity index is 339. The van der Waals surface area contributed by atoms with Crippen molar-refractivity contribution in [2.24, 2.45) is 5.73 Å². The van der Waals surface area contributed by atoms with Gasteiger partial charge in [-0.3, -0.25) is 0 Å². The van der Waals surface area contributed by atoms with Gasteiger partial charge < -0.3 is 15.6 Å². The van der Waals surface area contributed by atoms with Crippen LogP contribution >= 0.6 is 12.4 Å². The largest absolute Gasteiger partial charge is 0.434 e. The molecule has 0 spiro atoms. The summed E-state index contributed by atoms with van der Waals surface area (Å²) in [5.74, 6) is 0.0116. The lowest BCUT2D eigenvalue weighted by atomic mass is 10.00. The number of benzene rings is 1. The lowest BCUT2D eigenvalue weighted by Gasteiger charge is -2.20. The molecule has 0 heterocycles. The average molecular weight is 268 g/mol. The van der Waals surface area contributed by atoms with Crippen LogP contribution < -0.4 is 10.5 Å². The third-order valence-electron chi connectivity index (χ3n) is 2.33. The van der Waals surface area contributed by atoms with Gasteiger partial charge >= 0.3 is 6.61 Å². The van der Waals surface area contributed by atoms with Gasteiger partial charge in [-0.15, -0.1) is 12.4 Å². The lowest BCUT2D eigenvalue weighted by molar-refractivity contribution is -0.0510. The highest BCUT2D eigenvalue weighted by Crippen LogP contribution is 2.27. The summed E-state index contributed by atoms with van der Waals surface area (Å²) in [6, 6.07) is 5.49. The molecule has 1 aromatic rings. The SMILES string of the molecule is CC[C@H](O)[C@H](N)c1ccccc1OC(F)F.Cl. The Morgan fingerprint density at radius 2 is 1.94 bits per heavy atom. The molecule has 0 aliphatic heterocycles. The Hall–Kier alpha value is -0.910. The molecule has 1 aromatic carbocycles. The van der Waals surface area contributed by atoms with E-state index < -0.39 is 18.8 Å². The summed E-state index contributed by atoms with van der Waals surface area (Å²) in [4.78, 5) is 0. The Morgan fingerprint density at radius 3 is 2.47 bits per heavy atom. The fourth-order valence-corrected chi connectivity index (χ4v) is 1.42. The van der Waals surface area contributed by atoms with Crippen LogP contribution in [0.15, 0.2) is 24.3 Å². The van der Waals surface area contributed by atoms with Crippen molar-refractivity contribution in [1.29, 1.82) is 0 Å². The van der Waals surface area contributed by atoms with E-state index >= 15 is 0 Å². The van der Waals surface area contributed by atoms with Gasteiger partial charge in [-0.2, -0.15) is 8.78 Å². The van der Waals surface area contributed by atoms with Crippen LogP contribution in [-0.4, -0.2) is 17.8 Å². The van der Waals surface area contributed by atoms with Gasteiger partial charge in [0.2, 0.25) is 0 Å². The molecule has 3 N–H and O–H groups in total. The molecule has 98 valence electrons. The molecule has 0 aromatic heterocycles. The number of ether oxygens (including phenoxy) is 1. The van der Waals surface area contributed by atoms with E-state index in [4.69, 9.17) is 5.73 Å². The number of aliphatic hydroxyl groups is 1. The highest BCUT2D eigenvalue weighted by Gasteiger charge is 2.20. The van der Waals surface area contributed by atoms with Gasteiger partial charge in [-0.05, 0) is 12.5 Å². The maximum atomic E-state index is 12.1. The molecule has 6 heteroatoms. The molecule has 0 fully saturated rings. The van der Waals surface area contributed by atoms with Gasteiger partial charge in [0, 0.05) is 5.56 Å². The van der Waals surface area contributed by atoms with Crippen LogP contribution in [0, 0.1) is 0 Å². The fraction of sp³-hybridized carbons (Fsp3) is 0.455. The summed E-state index contributed by atoms with van der Waals surface area (Å²) in [5, 5.41) is 9.57. The predicted molar refractivity (Wildman–Crippen MR) is 63.5 cm³/mol. The number of nitrogens with two attached hydrogens (primary N) is 1. The molecule has 0 unspecified atom stereocenters. The molecular formula is C11H16ClF2NO2. The van der Waals surface area contributed by atoms with Crippen molar-refractivity contribution in [2.75, 3.05) is 0 Å². The molecule has 0 bridgehead atoms. The summed E-state index contributed by atoms with van der Waals surface area (Å²) >= 11 is 0. The lowest BCUT2D eigenvalue weighted by Crippen LogP contribution is -2.26. The summed E-state index contributed by atoms with van der Waals surface area (Å²) in [6.07, 6.45) is -0.327. The quantitative estimate of drug-likeness (QED) is 0.862. The molecule has 3 nitrogen and oxygen atoms in total. The normalized spacial score (nSPS) is 14.0. The second-order valence-corrected chi connectivity index (χ2v) is 3.42. The Kier molecular flexibility index (Phi) is 7.03. The van der Waals surface area contributed by atoms with E-state index in [9.17, 15) is 13.9 Å². The monoisotopic (exact) mass is 267 g/mol. The number of rotatable bonds is 5. The first kappa shape index (κ1) is 16.1. The summed E-state index contributed by atoms with van der Waals surface area (Å²) in [6.45, 7) is -1.13. The second kappa shape index (κ2) is 7.42. The Labute approximate surface area is 105 Å². The molecule has 1 rings (SSSR count). The molecule has 0 radical (unpaired) electrons. The van der Waals surface area contributed by atoms with Crippen LogP contribution in [0.5, 0.6) is 5.75 Å². The molecule has 0 aliphatic rings. The van der Waals surface area contributed by atoms with Crippen molar-refractivity contribution in [1.82, 2.24) is 0 Å². The van der Waals surface area contributed by atoms with Crippen LogP contribution in [-0.2, 0) is 0 Å². The topological polar surface area (TPSA) is 55.5 Å². The van der Waals surface area contributed by atoms with E-state index in [2.05, 4.69) is 4.74 Å². The number of hydrogen-bond acceptors (Lipinski definition) is 3. The molecular weight excluding hydrogens is 252 g/mol. The number of aliphatic hydroxyl groups excluding tert-OH is 1. The minimum absolute atomic E-state index is 0. The van der Waals surface area contributed by atoms with E-state index in [1.54, 1.807) is 25.1 Å². The van der Waals surface area contributed by atoms with Gasteiger partial charge in [0.15, 0.2) is 0 Å². The fourth-order valence-electron chi connectivity index (χ4n) is 1.42. The number of alkyl halides is 2. The van der Waals surface area contributed by atoms with Gasteiger partial charge in [0.1, 0.15) is 5.75 Å². The van der Waals surface area contributed by atoms with Gasteiger partial charge in [-0.25, -0.2) is 0 Å². The Balaban J connectivity index is 0.00000256. The first-order valence-electron chi connectivity index (χ1n) is 5.03. The Morgan fingerprint density at radius 1 is 1.35 bits per heavy atom. The van der Waals surface area contributed by atoms with E-state index in [0.717, 1.165) is 0 Å². The van der Waals surface area contributed by atoms with Crippen molar-refractivity contribution in [3.8, 4) is 5.75 Å². The zero-order valence-electron chi connectivity index (χ0n) is 9.35. The van der Waals surface area contributed by atoms with Crippen molar-refractivity contribution in [2.45, 2.75) is 32.1 Å². The highest BCUT2D eigenvalue weighted by atomic mass is 35.5. The molecule has 17 heavy (non-hydrogen) atoms. The number of halogens is 3. The van der Waals surface area contributed by atoms with Crippen LogP contribution in [0.1, 0.15) is 24.9 Å². The van der Waals surface area contributed by atoms with E-state index in [-0.39, 0.29) is 18.2 Å². The molecule has 0 aliphatic carbocycles. The van der Waals surface area contributed by atoms with Gasteiger partial charge in [0.25, 0.3) is 0 Å².